The van der Waals surface area contributed by atoms with E-state index in [1.54, 1.807) is 24.3 Å². The van der Waals surface area contributed by atoms with Crippen LogP contribution in [0.1, 0.15) is 17.3 Å². The Balaban J connectivity index is 1.99. The van der Waals surface area contributed by atoms with Gasteiger partial charge in [-0.1, -0.05) is 0 Å². The monoisotopic (exact) mass is 352 g/mol. The van der Waals surface area contributed by atoms with Crippen LogP contribution < -0.4 is 9.47 Å². The number of carbonyl (C=O) groups excluding carboxylic acids is 1. The van der Waals surface area contributed by atoms with E-state index in [1.807, 2.05) is 6.92 Å². The van der Waals surface area contributed by atoms with Crippen LogP contribution in [0, 0.1) is 5.82 Å². The summed E-state index contributed by atoms with van der Waals surface area (Å²) in [6.45, 7) is 2.31. The van der Waals surface area contributed by atoms with Gasteiger partial charge in [-0.15, -0.1) is 0 Å². The molecule has 0 atom stereocenters. The molecule has 0 heterocycles. The van der Waals surface area contributed by atoms with Crippen LogP contribution in [0.5, 0.6) is 11.5 Å². The molecule has 0 unspecified atom stereocenters. The van der Waals surface area contributed by atoms with Gasteiger partial charge in [-0.2, -0.15) is 0 Å². The first-order valence-corrected chi connectivity index (χ1v) is 7.23. The number of hydrogen-bond acceptors (Lipinski definition) is 3. The Morgan fingerprint density at radius 3 is 2.52 bits per heavy atom. The molecule has 0 aliphatic rings. The van der Waals surface area contributed by atoms with Gasteiger partial charge in [-0.05, 0) is 59.3 Å². The van der Waals surface area contributed by atoms with E-state index in [0.717, 1.165) is 0 Å². The van der Waals surface area contributed by atoms with Crippen LogP contribution in [0.25, 0.3) is 0 Å². The van der Waals surface area contributed by atoms with Crippen LogP contribution in [-0.2, 0) is 0 Å². The van der Waals surface area contributed by atoms with Crippen molar-refractivity contribution in [2.75, 3.05) is 13.2 Å². The van der Waals surface area contributed by atoms with E-state index in [2.05, 4.69) is 15.9 Å². The third-order valence-electron chi connectivity index (χ3n) is 2.74. The van der Waals surface area contributed by atoms with E-state index >= 15 is 0 Å². The summed E-state index contributed by atoms with van der Waals surface area (Å²) in [7, 11) is 0. The Morgan fingerprint density at radius 1 is 1.14 bits per heavy atom. The lowest BCUT2D eigenvalue weighted by Gasteiger charge is -2.08. The number of ketones is 1. The summed E-state index contributed by atoms with van der Waals surface area (Å²) in [4.78, 5) is 12.0. The Kier molecular flexibility index (Phi) is 5.33. The summed E-state index contributed by atoms with van der Waals surface area (Å²) in [6, 6.07) is 10.9. The van der Waals surface area contributed by atoms with Gasteiger partial charge in [0.05, 0.1) is 11.1 Å². The van der Waals surface area contributed by atoms with E-state index in [-0.39, 0.29) is 12.4 Å². The molecular formula is C16H14BrFO3. The van der Waals surface area contributed by atoms with Gasteiger partial charge in [0.25, 0.3) is 0 Å². The summed E-state index contributed by atoms with van der Waals surface area (Å²) < 4.78 is 24.4. The molecule has 110 valence electrons. The van der Waals surface area contributed by atoms with Gasteiger partial charge in [-0.3, -0.25) is 4.79 Å². The van der Waals surface area contributed by atoms with Gasteiger partial charge in [0, 0.05) is 11.6 Å². The molecule has 21 heavy (non-hydrogen) atoms. The molecule has 2 aromatic carbocycles. The quantitative estimate of drug-likeness (QED) is 0.729. The highest BCUT2D eigenvalue weighted by atomic mass is 79.9. The molecule has 0 spiro atoms. The molecule has 0 bridgehead atoms. The van der Waals surface area contributed by atoms with E-state index in [1.165, 1.54) is 18.2 Å². The number of carbonyl (C=O) groups is 1. The van der Waals surface area contributed by atoms with Crippen LogP contribution in [0.2, 0.25) is 0 Å². The maximum Gasteiger partial charge on any atom is 0.200 e. The third kappa shape index (κ3) is 4.29. The molecule has 2 aromatic rings. The van der Waals surface area contributed by atoms with E-state index in [4.69, 9.17) is 9.47 Å². The van der Waals surface area contributed by atoms with Crippen molar-refractivity contribution in [3.8, 4) is 11.5 Å². The molecule has 5 heteroatoms. The molecule has 3 nitrogen and oxygen atoms in total. The van der Waals surface area contributed by atoms with Crippen molar-refractivity contribution in [1.29, 1.82) is 0 Å². The molecule has 2 rings (SSSR count). The second-order valence-corrected chi connectivity index (χ2v) is 5.10. The minimum atomic E-state index is -0.415. The minimum Gasteiger partial charge on any atom is -0.494 e. The van der Waals surface area contributed by atoms with Gasteiger partial charge in [-0.25, -0.2) is 4.39 Å². The molecule has 0 saturated heterocycles. The molecule has 0 aliphatic heterocycles. The molecule has 0 amide bonds. The maximum absolute atomic E-state index is 13.1. The summed E-state index contributed by atoms with van der Waals surface area (Å²) >= 11 is 3.24. The average molecular weight is 353 g/mol. The zero-order chi connectivity index (χ0) is 15.2. The topological polar surface area (TPSA) is 35.5 Å². The second kappa shape index (κ2) is 7.22. The molecule has 0 fully saturated rings. The molecule has 0 aliphatic carbocycles. The Hall–Kier alpha value is -1.88. The van der Waals surface area contributed by atoms with Crippen molar-refractivity contribution < 1.29 is 18.7 Å². The number of rotatable bonds is 6. The lowest BCUT2D eigenvalue weighted by molar-refractivity contribution is 0.0920. The molecule has 0 saturated carbocycles. The first kappa shape index (κ1) is 15.5. The fraction of sp³-hybridized carbons (Fsp3) is 0.188. The zero-order valence-electron chi connectivity index (χ0n) is 11.4. The number of ether oxygens (including phenoxy) is 2. The molecular weight excluding hydrogens is 339 g/mol. The zero-order valence-corrected chi connectivity index (χ0v) is 13.0. The van der Waals surface area contributed by atoms with Gasteiger partial charge < -0.3 is 9.47 Å². The molecule has 0 N–H and O–H groups in total. The first-order chi connectivity index (χ1) is 10.1. The largest absolute Gasteiger partial charge is 0.494 e. The van der Waals surface area contributed by atoms with Crippen LogP contribution in [0.3, 0.4) is 0 Å². The van der Waals surface area contributed by atoms with Crippen molar-refractivity contribution >= 4 is 21.7 Å². The van der Waals surface area contributed by atoms with Crippen molar-refractivity contribution in [2.24, 2.45) is 0 Å². The summed E-state index contributed by atoms with van der Waals surface area (Å²) in [5.74, 6) is 0.410. The summed E-state index contributed by atoms with van der Waals surface area (Å²) in [6.07, 6.45) is 0. The highest BCUT2D eigenvalue weighted by Crippen LogP contribution is 2.25. The highest BCUT2D eigenvalue weighted by molar-refractivity contribution is 9.10. The van der Waals surface area contributed by atoms with Crippen molar-refractivity contribution in [2.45, 2.75) is 6.92 Å². The lowest BCUT2D eigenvalue weighted by Crippen LogP contribution is -2.11. The fourth-order valence-electron chi connectivity index (χ4n) is 1.72. The van der Waals surface area contributed by atoms with Crippen molar-refractivity contribution in [3.63, 3.8) is 0 Å². The fourth-order valence-corrected chi connectivity index (χ4v) is 2.08. The third-order valence-corrected chi connectivity index (χ3v) is 3.39. The van der Waals surface area contributed by atoms with Crippen LogP contribution in [0.15, 0.2) is 46.9 Å². The van der Waals surface area contributed by atoms with E-state index in [9.17, 15) is 9.18 Å². The van der Waals surface area contributed by atoms with E-state index < -0.39 is 5.82 Å². The SMILES string of the molecule is CCOc1ccc(C(=O)COc2cc(F)ccc2Br)cc1. The Morgan fingerprint density at radius 2 is 1.86 bits per heavy atom. The Bertz CT molecular complexity index is 626. The van der Waals surface area contributed by atoms with Gasteiger partial charge in [0.2, 0.25) is 0 Å². The predicted molar refractivity (Wildman–Crippen MR) is 81.5 cm³/mol. The number of benzene rings is 2. The second-order valence-electron chi connectivity index (χ2n) is 4.24. The van der Waals surface area contributed by atoms with Gasteiger partial charge in [0.15, 0.2) is 12.4 Å². The number of halogens is 2. The van der Waals surface area contributed by atoms with Crippen LogP contribution in [-0.4, -0.2) is 19.0 Å². The highest BCUT2D eigenvalue weighted by Gasteiger charge is 2.09. The van der Waals surface area contributed by atoms with Crippen molar-refractivity contribution in [3.05, 3.63) is 58.3 Å². The van der Waals surface area contributed by atoms with Gasteiger partial charge >= 0.3 is 0 Å². The predicted octanol–water partition coefficient (Wildman–Crippen LogP) is 4.25. The van der Waals surface area contributed by atoms with Gasteiger partial charge in [0.1, 0.15) is 17.3 Å². The molecule has 0 radical (unpaired) electrons. The first-order valence-electron chi connectivity index (χ1n) is 6.44. The summed E-state index contributed by atoms with van der Waals surface area (Å²) in [5, 5.41) is 0. The normalized spacial score (nSPS) is 10.2. The van der Waals surface area contributed by atoms with Crippen LogP contribution >= 0.6 is 15.9 Å². The molecule has 0 aromatic heterocycles. The Labute approximate surface area is 130 Å². The average Bonchev–Trinajstić information content (AvgIpc) is 2.49. The number of Topliss-reactive ketones (excluding diaryl/α,β-unsaturated/α-hetero) is 1. The number of hydrogen-bond donors (Lipinski definition) is 0. The lowest BCUT2D eigenvalue weighted by atomic mass is 10.1. The maximum atomic E-state index is 13.1. The standard InChI is InChI=1S/C16H14BrFO3/c1-2-20-13-6-3-11(4-7-13)15(19)10-21-16-9-12(18)5-8-14(16)17/h3-9H,2,10H2,1H3. The van der Waals surface area contributed by atoms with Crippen molar-refractivity contribution in [1.82, 2.24) is 0 Å². The smallest absolute Gasteiger partial charge is 0.200 e. The van der Waals surface area contributed by atoms with Crippen LogP contribution in [0.4, 0.5) is 4.39 Å². The van der Waals surface area contributed by atoms with E-state index in [0.29, 0.717) is 28.1 Å². The summed E-state index contributed by atoms with van der Waals surface area (Å²) in [5.41, 5.74) is 0.519. The minimum absolute atomic E-state index is 0.157.